The Balaban J connectivity index is 0.831. The number of ether oxygens (including phenoxy) is 2. The predicted molar refractivity (Wildman–Crippen MR) is 277 cm³/mol. The van der Waals surface area contributed by atoms with Gasteiger partial charge in [-0.05, 0) is 87.1 Å². The Labute approximate surface area is 447 Å². The minimum Gasteiger partial charge on any atom is -0.458 e. The Morgan fingerprint density at radius 3 is 2.32 bits per heavy atom. The minimum atomic E-state index is -2.06. The standard InChI is InChI=1S/C55H62FN9O13/c1-4-55(76)36-22-41-51-34(27-65(41)53(74)35(36)28-78-54(55)75)50-40(18-16-33-31(3)37(56)23-39(62-51)49(33)50)63(5-2)48(72)29-77-30-60-44(68)25-59-52(73)38(17-15-32-12-8-6-9-13-32)61-45(69)26-58-43(67)24-57-42(66)14-10-7-11-21-64-46(70)19-20-47(64)71/h6,8-9,12-13,19-20,22-23,38,40,76H,4-5,7,10-11,14-18,21,24-30H2,1-3H3,(H,57,66)(H,58,67)(H,59,73)(H,60,68)(H,61,69)/t38-,40-,55-/m0/s1. The molecule has 412 valence electrons. The van der Waals surface area contributed by atoms with Gasteiger partial charge in [-0.25, -0.2) is 14.2 Å². The molecule has 8 rings (SSSR count). The summed E-state index contributed by atoms with van der Waals surface area (Å²) < 4.78 is 27.9. The summed E-state index contributed by atoms with van der Waals surface area (Å²) in [5.41, 5.74) is 2.22. The molecule has 5 heterocycles. The molecular weight excluding hydrogens is 1010 g/mol. The lowest BCUT2D eigenvalue weighted by atomic mass is 9.81. The number of pyridine rings is 2. The van der Waals surface area contributed by atoms with Gasteiger partial charge in [-0.15, -0.1) is 0 Å². The summed E-state index contributed by atoms with van der Waals surface area (Å²) in [6.45, 7) is 3.03. The van der Waals surface area contributed by atoms with Gasteiger partial charge in [0.15, 0.2) is 5.60 Å². The number of nitrogens with one attached hydrogen (secondary N) is 5. The molecule has 0 saturated heterocycles. The van der Waals surface area contributed by atoms with Crippen LogP contribution in [0.15, 0.2) is 59.4 Å². The predicted octanol–water partition coefficient (Wildman–Crippen LogP) is 1.40. The van der Waals surface area contributed by atoms with Gasteiger partial charge in [-0.3, -0.25) is 48.1 Å². The topological polar surface area (TPSA) is 294 Å². The highest BCUT2D eigenvalue weighted by Gasteiger charge is 2.46. The SMILES string of the molecule is CCN(C(=O)COCNC(=O)CNC(=O)[C@H](CCc1ccccc1)NC(=O)CNC(=O)CNC(=O)CCCCCN1C(=O)C=CC1=O)[C@H]1CCc2c(C)c(F)cc3nc4c(c1c23)Cn1c-4cc2c(c1=O)COC(=O)[C@]2(O)CC. The number of aromatic nitrogens is 2. The Hall–Kier alpha value is -8.18. The van der Waals surface area contributed by atoms with Gasteiger partial charge in [0.2, 0.25) is 35.4 Å². The van der Waals surface area contributed by atoms with Crippen molar-refractivity contribution in [1.29, 1.82) is 0 Å². The first-order valence-corrected chi connectivity index (χ1v) is 26.1. The molecule has 3 atom stereocenters. The zero-order valence-corrected chi connectivity index (χ0v) is 43.6. The third-order valence-corrected chi connectivity index (χ3v) is 14.7. The van der Waals surface area contributed by atoms with Crippen molar-refractivity contribution in [3.63, 3.8) is 0 Å². The lowest BCUT2D eigenvalue weighted by Crippen LogP contribution is -2.51. The second-order valence-electron chi connectivity index (χ2n) is 19.5. The van der Waals surface area contributed by atoms with Gasteiger partial charge in [0.1, 0.15) is 31.8 Å². The maximum Gasteiger partial charge on any atom is 0.343 e. The molecular formula is C55H62FN9O13. The Kier molecular flexibility index (Phi) is 17.6. The molecule has 0 unspecified atom stereocenters. The van der Waals surface area contributed by atoms with Gasteiger partial charge in [-0.2, -0.15) is 0 Å². The molecule has 2 aromatic carbocycles. The van der Waals surface area contributed by atoms with E-state index in [0.717, 1.165) is 16.0 Å². The first kappa shape index (κ1) is 56.0. The molecule has 3 aliphatic heterocycles. The van der Waals surface area contributed by atoms with Crippen molar-refractivity contribution >= 4 is 64.1 Å². The van der Waals surface area contributed by atoms with E-state index in [0.29, 0.717) is 77.5 Å². The fourth-order valence-corrected chi connectivity index (χ4v) is 10.5. The van der Waals surface area contributed by atoms with E-state index in [4.69, 9.17) is 14.5 Å². The molecule has 6 N–H and O–H groups in total. The van der Waals surface area contributed by atoms with E-state index in [2.05, 4.69) is 26.6 Å². The van der Waals surface area contributed by atoms with Crippen LogP contribution in [0.1, 0.15) is 104 Å². The number of fused-ring (bicyclic) bond motifs is 5. The number of halogens is 1. The number of hydrogen-bond acceptors (Lipinski definition) is 14. The zero-order valence-electron chi connectivity index (χ0n) is 43.6. The zero-order chi connectivity index (χ0) is 55.8. The molecule has 0 spiro atoms. The number of hydrogen-bond donors (Lipinski definition) is 6. The fourth-order valence-electron chi connectivity index (χ4n) is 10.5. The van der Waals surface area contributed by atoms with E-state index >= 15 is 4.39 Å². The number of unbranched alkanes of at least 4 members (excludes halogenated alkanes) is 2. The number of aryl methyl sites for hydroxylation is 2. The van der Waals surface area contributed by atoms with Crippen LogP contribution in [0.5, 0.6) is 0 Å². The molecule has 4 aliphatic rings. The van der Waals surface area contributed by atoms with E-state index in [9.17, 15) is 53.1 Å². The van der Waals surface area contributed by atoms with Crippen molar-refractivity contribution < 1.29 is 62.1 Å². The highest BCUT2D eigenvalue weighted by atomic mass is 19.1. The lowest BCUT2D eigenvalue weighted by Gasteiger charge is -2.37. The molecule has 78 heavy (non-hydrogen) atoms. The van der Waals surface area contributed by atoms with Crippen LogP contribution in [0.25, 0.3) is 22.3 Å². The van der Waals surface area contributed by atoms with Crippen LogP contribution >= 0.6 is 0 Å². The summed E-state index contributed by atoms with van der Waals surface area (Å²) in [5, 5.41) is 24.6. The number of imide groups is 1. The Morgan fingerprint density at radius 1 is 0.885 bits per heavy atom. The third-order valence-electron chi connectivity index (χ3n) is 14.7. The smallest absolute Gasteiger partial charge is 0.343 e. The normalized spacial score (nSPS) is 17.2. The molecule has 0 radical (unpaired) electrons. The van der Waals surface area contributed by atoms with Crippen LogP contribution in [-0.2, 0) is 84.2 Å². The summed E-state index contributed by atoms with van der Waals surface area (Å²) in [6, 6.07) is 10.4. The summed E-state index contributed by atoms with van der Waals surface area (Å²) in [7, 11) is 0. The van der Waals surface area contributed by atoms with Crippen molar-refractivity contribution in [3.05, 3.63) is 110 Å². The Bertz CT molecular complexity index is 3160. The number of likely N-dealkylation sites (N-methyl/N-ethyl adjacent to an activating group) is 1. The molecule has 0 fully saturated rings. The van der Waals surface area contributed by atoms with Gasteiger partial charge in [0.05, 0.1) is 54.7 Å². The Morgan fingerprint density at radius 2 is 1.59 bits per heavy atom. The number of aliphatic hydroxyl groups is 1. The number of cyclic esters (lactones) is 1. The van der Waals surface area contributed by atoms with Crippen LogP contribution in [0, 0.1) is 12.7 Å². The number of carbonyl (C=O) groups is 9. The number of esters is 1. The van der Waals surface area contributed by atoms with Crippen molar-refractivity contribution in [3.8, 4) is 11.4 Å². The van der Waals surface area contributed by atoms with Gasteiger partial charge in [-0.1, -0.05) is 43.7 Å². The molecule has 8 amide bonds. The number of rotatable bonds is 24. The molecule has 1 aliphatic carbocycles. The van der Waals surface area contributed by atoms with E-state index < -0.39 is 103 Å². The first-order valence-electron chi connectivity index (χ1n) is 26.1. The monoisotopic (exact) mass is 1080 g/mol. The summed E-state index contributed by atoms with van der Waals surface area (Å²) in [6.07, 6.45) is 5.37. The summed E-state index contributed by atoms with van der Waals surface area (Å²) >= 11 is 0. The summed E-state index contributed by atoms with van der Waals surface area (Å²) in [5.74, 6) is -5.58. The van der Waals surface area contributed by atoms with E-state index in [1.54, 1.807) is 31.7 Å². The second-order valence-corrected chi connectivity index (χ2v) is 19.5. The van der Waals surface area contributed by atoms with Crippen LogP contribution < -0.4 is 32.1 Å². The lowest BCUT2D eigenvalue weighted by molar-refractivity contribution is -0.172. The second kappa shape index (κ2) is 24.4. The van der Waals surface area contributed by atoms with E-state index in [1.165, 1.54) is 22.8 Å². The number of carbonyl (C=O) groups excluding carboxylic acids is 9. The molecule has 0 saturated carbocycles. The van der Waals surface area contributed by atoms with Crippen LogP contribution in [0.4, 0.5) is 4.39 Å². The van der Waals surface area contributed by atoms with Crippen molar-refractivity contribution in [1.82, 2.24) is 45.9 Å². The third kappa shape index (κ3) is 12.0. The van der Waals surface area contributed by atoms with Crippen molar-refractivity contribution in [2.75, 3.05) is 46.1 Å². The minimum absolute atomic E-state index is 0.0484. The molecule has 0 bridgehead atoms. The molecule has 4 aromatic rings. The van der Waals surface area contributed by atoms with Crippen molar-refractivity contribution in [2.45, 2.75) is 109 Å². The molecule has 23 heteroatoms. The van der Waals surface area contributed by atoms with Gasteiger partial charge >= 0.3 is 5.97 Å². The summed E-state index contributed by atoms with van der Waals surface area (Å²) in [4.78, 5) is 136. The van der Waals surface area contributed by atoms with Gasteiger partial charge < -0.3 is 50.6 Å². The average Bonchev–Trinajstić information content (AvgIpc) is 4.18. The highest BCUT2D eigenvalue weighted by Crippen LogP contribution is 2.47. The van der Waals surface area contributed by atoms with Crippen LogP contribution in [0.2, 0.25) is 0 Å². The highest BCUT2D eigenvalue weighted by molar-refractivity contribution is 6.12. The van der Waals surface area contributed by atoms with Crippen LogP contribution in [-0.4, -0.2) is 130 Å². The van der Waals surface area contributed by atoms with Gasteiger partial charge in [0, 0.05) is 54.2 Å². The van der Waals surface area contributed by atoms with E-state index in [1.807, 2.05) is 30.3 Å². The quantitative estimate of drug-likeness (QED) is 0.0221. The maximum absolute atomic E-state index is 15.5. The number of amides is 8. The number of benzene rings is 2. The molecule has 2 aromatic heterocycles. The van der Waals surface area contributed by atoms with E-state index in [-0.39, 0.29) is 68.4 Å². The largest absolute Gasteiger partial charge is 0.458 e. The fraction of sp³-hybridized carbons (Fsp3) is 0.436. The van der Waals surface area contributed by atoms with Gasteiger partial charge in [0.25, 0.3) is 17.4 Å². The first-order chi connectivity index (χ1) is 37.4. The maximum atomic E-state index is 15.5. The van der Waals surface area contributed by atoms with Crippen LogP contribution in [0.3, 0.4) is 0 Å². The number of nitrogens with zero attached hydrogens (tertiary/aromatic N) is 4. The molecule has 22 nitrogen and oxygen atoms in total. The average molecular weight is 1080 g/mol. The van der Waals surface area contributed by atoms with Crippen molar-refractivity contribution in [2.24, 2.45) is 0 Å².